The maximum absolute atomic E-state index is 12.7. The van der Waals surface area contributed by atoms with Crippen LogP contribution in [0, 0.1) is 10.1 Å². The van der Waals surface area contributed by atoms with Gasteiger partial charge in [0.15, 0.2) is 0 Å². The van der Waals surface area contributed by atoms with Crippen LogP contribution in [-0.4, -0.2) is 9.91 Å². The van der Waals surface area contributed by atoms with Gasteiger partial charge in [0.1, 0.15) is 5.52 Å². The number of rotatable bonds is 2. The number of hydrogen-bond donors (Lipinski definition) is 1. The van der Waals surface area contributed by atoms with Crippen molar-refractivity contribution in [3.8, 4) is 11.1 Å². The fourth-order valence-corrected chi connectivity index (χ4v) is 2.49. The lowest BCUT2D eigenvalue weighted by Gasteiger charge is -2.09. The molecule has 24 heavy (non-hydrogen) atoms. The number of aromatic amines is 1. The number of nitro groups is 1. The third kappa shape index (κ3) is 2.73. The number of nitrogens with zero attached hydrogens (tertiary/aromatic N) is 1. The number of benzene rings is 2. The fraction of sp³-hybridized carbons (Fsp3) is 0.0625. The second-order valence-electron chi connectivity index (χ2n) is 5.08. The molecule has 0 unspecified atom stereocenters. The largest absolute Gasteiger partial charge is 0.416 e. The number of para-hydroxylation sites is 1. The Kier molecular flexibility index (Phi) is 3.59. The first-order valence-electron chi connectivity index (χ1n) is 6.75. The number of hydrogen-bond acceptors (Lipinski definition) is 3. The highest BCUT2D eigenvalue weighted by Gasteiger charge is 2.30. The van der Waals surface area contributed by atoms with Crippen molar-refractivity contribution in [2.45, 2.75) is 6.18 Å². The van der Waals surface area contributed by atoms with Gasteiger partial charge in [-0.2, -0.15) is 13.2 Å². The molecule has 8 heteroatoms. The van der Waals surface area contributed by atoms with Crippen LogP contribution < -0.4 is 5.56 Å². The van der Waals surface area contributed by atoms with Gasteiger partial charge in [0, 0.05) is 17.5 Å². The molecule has 0 aliphatic carbocycles. The number of H-pyrrole nitrogens is 1. The highest BCUT2D eigenvalue weighted by Crippen LogP contribution is 2.34. The molecule has 2 aromatic carbocycles. The molecule has 5 nitrogen and oxygen atoms in total. The molecule has 0 radical (unpaired) electrons. The number of alkyl halides is 3. The minimum absolute atomic E-state index is 0.0323. The molecule has 1 N–H and O–H groups in total. The molecule has 1 heterocycles. The lowest BCUT2D eigenvalue weighted by molar-refractivity contribution is -0.383. The number of non-ortho nitro benzene ring substituents is 1. The number of pyridine rings is 1. The zero-order chi connectivity index (χ0) is 17.5. The number of nitro benzene ring substituents is 1. The first-order valence-corrected chi connectivity index (χ1v) is 6.75. The summed E-state index contributed by atoms with van der Waals surface area (Å²) >= 11 is 0. The summed E-state index contributed by atoms with van der Waals surface area (Å²) in [7, 11) is 0. The minimum Gasteiger partial charge on any atom is -0.316 e. The third-order valence-corrected chi connectivity index (χ3v) is 3.58. The quantitative estimate of drug-likeness (QED) is 0.566. The van der Waals surface area contributed by atoms with E-state index in [2.05, 4.69) is 4.98 Å². The van der Waals surface area contributed by atoms with Crippen LogP contribution in [0.15, 0.2) is 53.3 Å². The van der Waals surface area contributed by atoms with Gasteiger partial charge in [0.2, 0.25) is 5.56 Å². The molecule has 0 aliphatic rings. The Morgan fingerprint density at radius 2 is 1.71 bits per heavy atom. The lowest BCUT2D eigenvalue weighted by atomic mass is 9.99. The van der Waals surface area contributed by atoms with Crippen LogP contribution in [0.5, 0.6) is 0 Å². The van der Waals surface area contributed by atoms with Crippen LogP contribution in [0.2, 0.25) is 0 Å². The van der Waals surface area contributed by atoms with Crippen molar-refractivity contribution in [1.82, 2.24) is 4.98 Å². The molecule has 0 aliphatic heterocycles. The summed E-state index contributed by atoms with van der Waals surface area (Å²) in [6, 6.07) is 9.73. The van der Waals surface area contributed by atoms with Gasteiger partial charge >= 0.3 is 6.18 Å². The predicted octanol–water partition coefficient (Wildman–Crippen LogP) is 4.12. The Labute approximate surface area is 132 Å². The van der Waals surface area contributed by atoms with Gasteiger partial charge in [0.05, 0.1) is 10.5 Å². The summed E-state index contributed by atoms with van der Waals surface area (Å²) in [6.07, 6.45) is -4.46. The van der Waals surface area contributed by atoms with E-state index in [4.69, 9.17) is 0 Å². The standard InChI is InChI=1S/C16H9F3N2O3/c17-16(18,19)10-6-4-9(5-7-10)12-8-14(22)20-15-11(12)2-1-3-13(15)21(23)24/h1-8H,(H,20,22). The molecule has 0 saturated heterocycles. The second kappa shape index (κ2) is 5.48. The van der Waals surface area contributed by atoms with Gasteiger partial charge in [-0.1, -0.05) is 24.3 Å². The van der Waals surface area contributed by atoms with Crippen LogP contribution in [0.25, 0.3) is 22.0 Å². The molecule has 3 aromatic rings. The smallest absolute Gasteiger partial charge is 0.316 e. The van der Waals surface area contributed by atoms with Gasteiger partial charge in [0.25, 0.3) is 5.69 Å². The fourth-order valence-electron chi connectivity index (χ4n) is 2.49. The van der Waals surface area contributed by atoms with E-state index in [1.807, 2.05) is 0 Å². The molecule has 1 aromatic heterocycles. The van der Waals surface area contributed by atoms with E-state index in [0.29, 0.717) is 16.5 Å². The molecular weight excluding hydrogens is 325 g/mol. The number of fused-ring (bicyclic) bond motifs is 1. The Morgan fingerprint density at radius 3 is 2.29 bits per heavy atom. The van der Waals surface area contributed by atoms with Crippen molar-refractivity contribution in [3.05, 3.63) is 74.6 Å². The summed E-state index contributed by atoms with van der Waals surface area (Å²) in [6.45, 7) is 0. The van der Waals surface area contributed by atoms with Crippen molar-refractivity contribution in [2.24, 2.45) is 0 Å². The lowest BCUT2D eigenvalue weighted by Crippen LogP contribution is -2.07. The van der Waals surface area contributed by atoms with Crippen molar-refractivity contribution in [2.75, 3.05) is 0 Å². The van der Waals surface area contributed by atoms with Gasteiger partial charge in [-0.05, 0) is 23.3 Å². The highest BCUT2D eigenvalue weighted by atomic mass is 19.4. The SMILES string of the molecule is O=c1cc(-c2ccc(C(F)(F)F)cc2)c2cccc([N+](=O)[O-])c2[nH]1. The average molecular weight is 334 g/mol. The van der Waals surface area contributed by atoms with E-state index in [0.717, 1.165) is 12.1 Å². The number of aromatic nitrogens is 1. The molecule has 3 rings (SSSR count). The Balaban J connectivity index is 2.25. The van der Waals surface area contributed by atoms with Crippen LogP contribution in [0.3, 0.4) is 0 Å². The molecule has 0 saturated carbocycles. The summed E-state index contributed by atoms with van der Waals surface area (Å²) < 4.78 is 38.0. The summed E-state index contributed by atoms with van der Waals surface area (Å²) in [5, 5.41) is 11.5. The van der Waals surface area contributed by atoms with Crippen LogP contribution in [0.4, 0.5) is 18.9 Å². The Bertz CT molecular complexity index is 992. The van der Waals surface area contributed by atoms with E-state index < -0.39 is 22.2 Å². The molecule has 0 amide bonds. The van der Waals surface area contributed by atoms with Crippen LogP contribution in [0.1, 0.15) is 5.56 Å². The molecule has 0 spiro atoms. The van der Waals surface area contributed by atoms with Crippen LogP contribution >= 0.6 is 0 Å². The van der Waals surface area contributed by atoms with E-state index in [1.165, 1.54) is 30.3 Å². The summed E-state index contributed by atoms with van der Waals surface area (Å²) in [5.74, 6) is 0. The monoisotopic (exact) mass is 334 g/mol. The van der Waals surface area contributed by atoms with Crippen molar-refractivity contribution >= 4 is 16.6 Å². The Morgan fingerprint density at radius 1 is 1.04 bits per heavy atom. The van der Waals surface area contributed by atoms with Gasteiger partial charge in [-0.15, -0.1) is 0 Å². The van der Waals surface area contributed by atoms with Gasteiger partial charge in [-0.25, -0.2) is 0 Å². The molecular formula is C16H9F3N2O3. The maximum atomic E-state index is 12.7. The van der Waals surface area contributed by atoms with Crippen molar-refractivity contribution in [1.29, 1.82) is 0 Å². The van der Waals surface area contributed by atoms with Gasteiger partial charge in [-0.3, -0.25) is 14.9 Å². The van der Waals surface area contributed by atoms with Crippen molar-refractivity contribution in [3.63, 3.8) is 0 Å². The topological polar surface area (TPSA) is 76.0 Å². The Hall–Kier alpha value is -3.16. The zero-order valence-electron chi connectivity index (χ0n) is 11.9. The number of nitrogens with one attached hydrogen (secondary N) is 1. The first-order chi connectivity index (χ1) is 11.3. The second-order valence-corrected chi connectivity index (χ2v) is 5.08. The molecule has 0 bridgehead atoms. The normalized spacial score (nSPS) is 11.6. The molecule has 0 fully saturated rings. The molecule has 122 valence electrons. The van der Waals surface area contributed by atoms with E-state index in [1.54, 1.807) is 6.07 Å². The number of halogens is 3. The maximum Gasteiger partial charge on any atom is 0.416 e. The first kappa shape index (κ1) is 15.7. The summed E-state index contributed by atoms with van der Waals surface area (Å²) in [4.78, 5) is 24.7. The van der Waals surface area contributed by atoms with E-state index in [9.17, 15) is 28.1 Å². The summed E-state index contributed by atoms with van der Waals surface area (Å²) in [5.41, 5.74) is -0.952. The third-order valence-electron chi connectivity index (χ3n) is 3.58. The van der Waals surface area contributed by atoms with Crippen LogP contribution in [-0.2, 0) is 6.18 Å². The van der Waals surface area contributed by atoms with Gasteiger partial charge < -0.3 is 4.98 Å². The van der Waals surface area contributed by atoms with E-state index >= 15 is 0 Å². The molecule has 0 atom stereocenters. The average Bonchev–Trinajstić information content (AvgIpc) is 2.52. The van der Waals surface area contributed by atoms with Crippen molar-refractivity contribution < 1.29 is 18.1 Å². The van der Waals surface area contributed by atoms with E-state index in [-0.39, 0.29) is 11.2 Å². The predicted molar refractivity (Wildman–Crippen MR) is 81.7 cm³/mol. The zero-order valence-corrected chi connectivity index (χ0v) is 11.9. The minimum atomic E-state index is -4.46. The highest BCUT2D eigenvalue weighted by molar-refractivity contribution is 5.98.